The van der Waals surface area contributed by atoms with Crippen LogP contribution in [-0.2, 0) is 19.1 Å². The lowest BCUT2D eigenvalue weighted by Gasteiger charge is -2.55. The zero-order chi connectivity index (χ0) is 20.1. The van der Waals surface area contributed by atoms with Crippen LogP contribution in [0.1, 0.15) is 73.1 Å². The number of carbonyl (C=O) groups excluding carboxylic acids is 2. The second-order valence-electron chi connectivity index (χ2n) is 10.6. The fourth-order valence-electron chi connectivity index (χ4n) is 7.61. The van der Waals surface area contributed by atoms with Crippen LogP contribution in [0.4, 0.5) is 0 Å². The summed E-state index contributed by atoms with van der Waals surface area (Å²) in [6.45, 7) is 10.1. The number of allylic oxidation sites excluding steroid dienone is 4. The number of hydrogen-bond acceptors (Lipinski definition) is 4. The smallest absolute Gasteiger partial charge is 0.164 e. The Bertz CT molecular complexity index is 836. The summed E-state index contributed by atoms with van der Waals surface area (Å²) in [6, 6.07) is 0. The number of Topliss-reactive ketones (excluding diaryl/α,β-unsaturated/α-hetero) is 1. The molecule has 5 rings (SSSR count). The van der Waals surface area contributed by atoms with Gasteiger partial charge in [0.05, 0.1) is 6.10 Å². The Balaban J connectivity index is 1.60. The van der Waals surface area contributed by atoms with Gasteiger partial charge in [0.1, 0.15) is 0 Å². The molecule has 0 unspecified atom stereocenters. The molecule has 0 radical (unpaired) electrons. The van der Waals surface area contributed by atoms with E-state index in [4.69, 9.17) is 9.47 Å². The average Bonchev–Trinajstić information content (AvgIpc) is 3.02. The van der Waals surface area contributed by atoms with E-state index in [0.717, 1.165) is 32.1 Å². The molecule has 152 valence electrons. The van der Waals surface area contributed by atoms with Crippen molar-refractivity contribution in [2.75, 3.05) is 0 Å². The Hall–Kier alpha value is -1.26. The van der Waals surface area contributed by atoms with Crippen molar-refractivity contribution in [3.63, 3.8) is 0 Å². The van der Waals surface area contributed by atoms with Crippen LogP contribution in [0.25, 0.3) is 0 Å². The Kier molecular flexibility index (Phi) is 3.65. The van der Waals surface area contributed by atoms with Crippen molar-refractivity contribution in [2.24, 2.45) is 22.7 Å². The van der Waals surface area contributed by atoms with Gasteiger partial charge in [-0.25, -0.2) is 0 Å². The lowest BCUT2D eigenvalue weighted by atomic mass is 9.50. The van der Waals surface area contributed by atoms with E-state index in [0.29, 0.717) is 18.3 Å². The molecule has 2 saturated carbocycles. The number of carbonyl (C=O) groups is 2. The summed E-state index contributed by atoms with van der Waals surface area (Å²) in [6.07, 6.45) is 9.50. The highest BCUT2D eigenvalue weighted by Crippen LogP contribution is 2.69. The molecule has 3 fully saturated rings. The fourth-order valence-corrected chi connectivity index (χ4v) is 7.61. The molecule has 0 bridgehead atoms. The van der Waals surface area contributed by atoms with E-state index >= 15 is 0 Å². The van der Waals surface area contributed by atoms with Crippen LogP contribution in [-0.4, -0.2) is 29.1 Å². The lowest BCUT2D eigenvalue weighted by Crippen LogP contribution is -2.57. The van der Waals surface area contributed by atoms with Crippen molar-refractivity contribution in [3.05, 3.63) is 23.3 Å². The van der Waals surface area contributed by atoms with Gasteiger partial charge in [0, 0.05) is 17.3 Å². The predicted octanol–water partition coefficient (Wildman–Crippen LogP) is 4.53. The van der Waals surface area contributed by atoms with E-state index in [1.165, 1.54) is 11.1 Å². The zero-order valence-corrected chi connectivity index (χ0v) is 17.8. The van der Waals surface area contributed by atoms with E-state index in [1.54, 1.807) is 6.92 Å². The molecular formula is C24H32O4. The number of fused-ring (bicyclic) bond motifs is 7. The minimum Gasteiger partial charge on any atom is -0.344 e. The molecule has 4 nitrogen and oxygen atoms in total. The van der Waals surface area contributed by atoms with Crippen LogP contribution in [0.5, 0.6) is 0 Å². The van der Waals surface area contributed by atoms with Crippen LogP contribution in [0, 0.1) is 22.7 Å². The van der Waals surface area contributed by atoms with Crippen molar-refractivity contribution in [1.29, 1.82) is 0 Å². The molecule has 4 heteroatoms. The van der Waals surface area contributed by atoms with Gasteiger partial charge >= 0.3 is 0 Å². The summed E-state index contributed by atoms with van der Waals surface area (Å²) >= 11 is 0. The van der Waals surface area contributed by atoms with Gasteiger partial charge in [-0.3, -0.25) is 9.59 Å². The second kappa shape index (κ2) is 5.46. The maximum atomic E-state index is 13.0. The van der Waals surface area contributed by atoms with E-state index in [2.05, 4.69) is 19.9 Å². The third kappa shape index (κ3) is 2.09. The van der Waals surface area contributed by atoms with Gasteiger partial charge in [0.15, 0.2) is 23.0 Å². The minimum atomic E-state index is -0.844. The van der Waals surface area contributed by atoms with Crippen molar-refractivity contribution in [3.8, 4) is 0 Å². The van der Waals surface area contributed by atoms with E-state index in [-0.39, 0.29) is 28.5 Å². The molecule has 0 aromatic carbocycles. The summed E-state index contributed by atoms with van der Waals surface area (Å²) in [7, 11) is 0. The summed E-state index contributed by atoms with van der Waals surface area (Å²) in [5, 5.41) is 0. The van der Waals surface area contributed by atoms with Gasteiger partial charge in [-0.2, -0.15) is 0 Å². The van der Waals surface area contributed by atoms with Crippen molar-refractivity contribution < 1.29 is 19.1 Å². The van der Waals surface area contributed by atoms with Crippen LogP contribution < -0.4 is 0 Å². The van der Waals surface area contributed by atoms with Gasteiger partial charge in [0.2, 0.25) is 0 Å². The quantitative estimate of drug-likeness (QED) is 0.624. The zero-order valence-electron chi connectivity index (χ0n) is 17.8. The van der Waals surface area contributed by atoms with E-state index in [1.807, 2.05) is 19.9 Å². The molecule has 6 atom stereocenters. The molecule has 28 heavy (non-hydrogen) atoms. The summed E-state index contributed by atoms with van der Waals surface area (Å²) in [4.78, 5) is 25.0. The topological polar surface area (TPSA) is 52.6 Å². The monoisotopic (exact) mass is 384 g/mol. The molecule has 1 saturated heterocycles. The van der Waals surface area contributed by atoms with Crippen LogP contribution >= 0.6 is 0 Å². The van der Waals surface area contributed by atoms with Crippen molar-refractivity contribution >= 4 is 11.6 Å². The molecule has 0 N–H and O–H groups in total. The Morgan fingerprint density at radius 1 is 1.18 bits per heavy atom. The summed E-state index contributed by atoms with van der Waals surface area (Å²) in [5.74, 6) is 0.504. The highest BCUT2D eigenvalue weighted by Gasteiger charge is 2.74. The maximum absolute atomic E-state index is 13.0. The molecule has 0 aromatic rings. The van der Waals surface area contributed by atoms with Gasteiger partial charge in [0.25, 0.3) is 0 Å². The predicted molar refractivity (Wildman–Crippen MR) is 106 cm³/mol. The van der Waals surface area contributed by atoms with Crippen molar-refractivity contribution in [1.82, 2.24) is 0 Å². The van der Waals surface area contributed by atoms with Gasteiger partial charge in [-0.15, -0.1) is 0 Å². The van der Waals surface area contributed by atoms with Crippen molar-refractivity contribution in [2.45, 2.75) is 90.6 Å². The molecule has 0 spiro atoms. The Labute approximate surface area is 167 Å². The SMILES string of the molecule is CC(=O)[C@@]12OC(C)(C)O[C@@H]1C[C@H]1[C@@H]3CCC4=CC(=O)CC[C@]4(C)C3=CC[C@@]12C. The molecule has 1 heterocycles. The highest BCUT2D eigenvalue weighted by molar-refractivity contribution is 5.92. The number of hydrogen-bond donors (Lipinski definition) is 0. The van der Waals surface area contributed by atoms with Crippen LogP contribution in [0.3, 0.4) is 0 Å². The van der Waals surface area contributed by atoms with E-state index < -0.39 is 11.4 Å². The van der Waals surface area contributed by atoms with E-state index in [9.17, 15) is 9.59 Å². The minimum absolute atomic E-state index is 0.0141. The lowest BCUT2D eigenvalue weighted by molar-refractivity contribution is -0.204. The molecule has 4 aliphatic carbocycles. The summed E-state index contributed by atoms with van der Waals surface area (Å²) in [5.41, 5.74) is 1.76. The first-order chi connectivity index (χ1) is 13.0. The first-order valence-corrected chi connectivity index (χ1v) is 10.9. The molecule has 0 amide bonds. The summed E-state index contributed by atoms with van der Waals surface area (Å²) < 4.78 is 12.8. The first-order valence-electron chi connectivity index (χ1n) is 10.9. The molecule has 0 aromatic heterocycles. The van der Waals surface area contributed by atoms with Gasteiger partial charge in [-0.1, -0.05) is 31.1 Å². The van der Waals surface area contributed by atoms with Gasteiger partial charge < -0.3 is 9.47 Å². The Morgan fingerprint density at radius 2 is 1.93 bits per heavy atom. The number of ketones is 2. The average molecular weight is 385 g/mol. The third-order valence-corrected chi connectivity index (χ3v) is 8.85. The second-order valence-corrected chi connectivity index (χ2v) is 10.6. The number of ether oxygens (including phenoxy) is 2. The molecule has 5 aliphatic rings. The fraction of sp³-hybridized carbons (Fsp3) is 0.750. The first kappa shape index (κ1) is 18.7. The largest absolute Gasteiger partial charge is 0.344 e. The third-order valence-electron chi connectivity index (χ3n) is 8.85. The van der Waals surface area contributed by atoms with Crippen LogP contribution in [0.2, 0.25) is 0 Å². The standard InChI is InChI=1S/C24H32O4/c1-14(25)24-20(27-21(2,3)28-24)13-19-17-7-6-15-12-16(26)8-10-22(15,4)18(17)9-11-23(19,24)5/h9,12,17,19-20H,6-8,10-11,13H2,1-5H3/t17-,19+,20-,22+,23+,24-/m1/s1. The molecular weight excluding hydrogens is 352 g/mol. The van der Waals surface area contributed by atoms with Gasteiger partial charge in [-0.05, 0) is 70.8 Å². The van der Waals surface area contributed by atoms with Crippen LogP contribution in [0.15, 0.2) is 23.3 Å². The highest BCUT2D eigenvalue weighted by atomic mass is 16.8. The molecule has 1 aliphatic heterocycles. The normalized spacial score (nSPS) is 48.8. The maximum Gasteiger partial charge on any atom is 0.164 e. The number of rotatable bonds is 1. The Morgan fingerprint density at radius 3 is 2.64 bits per heavy atom.